The SMILES string of the molecule is O=C(Nc1ccccc1)c1cn(-c2cc(N3CCSCC3)ncn2)cn1. The molecule has 0 saturated carbocycles. The molecule has 26 heavy (non-hydrogen) atoms. The molecule has 0 unspecified atom stereocenters. The number of imidazole rings is 1. The highest BCUT2D eigenvalue weighted by Crippen LogP contribution is 2.19. The maximum Gasteiger partial charge on any atom is 0.275 e. The van der Waals surface area contributed by atoms with Crippen LogP contribution in [0, 0.1) is 0 Å². The van der Waals surface area contributed by atoms with E-state index in [1.165, 1.54) is 0 Å². The second-order valence-corrected chi connectivity index (χ2v) is 7.04. The largest absolute Gasteiger partial charge is 0.355 e. The van der Waals surface area contributed by atoms with Gasteiger partial charge in [-0.05, 0) is 12.1 Å². The Bertz CT molecular complexity index is 891. The summed E-state index contributed by atoms with van der Waals surface area (Å²) in [6.07, 6.45) is 4.82. The Morgan fingerprint density at radius 3 is 2.62 bits per heavy atom. The molecular formula is C18H18N6OS. The van der Waals surface area contributed by atoms with Crippen LogP contribution in [-0.4, -0.2) is 50.0 Å². The first kappa shape index (κ1) is 16.6. The third kappa shape index (κ3) is 3.70. The number of rotatable bonds is 4. The first-order valence-corrected chi connectivity index (χ1v) is 9.50. The van der Waals surface area contributed by atoms with Crippen LogP contribution in [0.15, 0.2) is 55.2 Å². The molecule has 0 bridgehead atoms. The summed E-state index contributed by atoms with van der Waals surface area (Å²) in [6.45, 7) is 1.96. The lowest BCUT2D eigenvalue weighted by atomic mass is 10.3. The minimum absolute atomic E-state index is 0.253. The molecule has 1 amide bonds. The van der Waals surface area contributed by atoms with Crippen molar-refractivity contribution in [3.05, 3.63) is 60.9 Å². The molecule has 1 aliphatic heterocycles. The molecule has 132 valence electrons. The number of benzene rings is 1. The molecule has 1 fully saturated rings. The van der Waals surface area contributed by atoms with Gasteiger partial charge in [0.05, 0.1) is 0 Å². The molecule has 2 aromatic heterocycles. The molecule has 1 aromatic carbocycles. The second-order valence-electron chi connectivity index (χ2n) is 5.82. The standard InChI is InChI=1S/C18H18N6OS/c25-18(22-14-4-2-1-3-5-14)15-11-24(13-21-15)17-10-16(19-12-20-17)23-6-8-26-9-7-23/h1-5,10-13H,6-9H2,(H,22,25). The number of hydrogen-bond acceptors (Lipinski definition) is 6. The molecule has 1 N–H and O–H groups in total. The van der Waals surface area contributed by atoms with Gasteiger partial charge < -0.3 is 10.2 Å². The smallest absolute Gasteiger partial charge is 0.275 e. The van der Waals surface area contributed by atoms with Gasteiger partial charge in [0, 0.05) is 42.5 Å². The fourth-order valence-corrected chi connectivity index (χ4v) is 3.63. The van der Waals surface area contributed by atoms with Crippen LogP contribution in [0.5, 0.6) is 0 Å². The summed E-state index contributed by atoms with van der Waals surface area (Å²) in [6, 6.07) is 11.2. The summed E-state index contributed by atoms with van der Waals surface area (Å²) in [7, 11) is 0. The minimum Gasteiger partial charge on any atom is -0.355 e. The molecule has 3 aromatic rings. The van der Waals surface area contributed by atoms with Crippen molar-refractivity contribution < 1.29 is 4.79 Å². The number of carbonyl (C=O) groups is 1. The molecule has 7 nitrogen and oxygen atoms in total. The molecule has 0 spiro atoms. The normalized spacial score (nSPS) is 14.2. The summed E-state index contributed by atoms with van der Waals surface area (Å²) in [4.78, 5) is 27.5. The van der Waals surface area contributed by atoms with Gasteiger partial charge >= 0.3 is 0 Å². The van der Waals surface area contributed by atoms with E-state index < -0.39 is 0 Å². The monoisotopic (exact) mass is 366 g/mol. The van der Waals surface area contributed by atoms with E-state index >= 15 is 0 Å². The van der Waals surface area contributed by atoms with E-state index in [0.29, 0.717) is 11.5 Å². The van der Waals surface area contributed by atoms with Crippen LogP contribution in [0.4, 0.5) is 11.5 Å². The van der Waals surface area contributed by atoms with Gasteiger partial charge in [-0.15, -0.1) is 0 Å². The average molecular weight is 366 g/mol. The van der Waals surface area contributed by atoms with Crippen LogP contribution in [-0.2, 0) is 0 Å². The molecule has 0 radical (unpaired) electrons. The van der Waals surface area contributed by atoms with E-state index in [2.05, 4.69) is 25.2 Å². The van der Waals surface area contributed by atoms with Gasteiger partial charge in [-0.1, -0.05) is 18.2 Å². The van der Waals surface area contributed by atoms with Crippen molar-refractivity contribution in [1.82, 2.24) is 19.5 Å². The van der Waals surface area contributed by atoms with Gasteiger partial charge in [0.15, 0.2) is 0 Å². The van der Waals surface area contributed by atoms with Gasteiger partial charge in [0.2, 0.25) is 0 Å². The molecule has 1 saturated heterocycles. The van der Waals surface area contributed by atoms with E-state index in [9.17, 15) is 4.79 Å². The third-order valence-corrected chi connectivity index (χ3v) is 5.03. The Kier molecular flexibility index (Phi) is 4.83. The quantitative estimate of drug-likeness (QED) is 0.764. The van der Waals surface area contributed by atoms with Crippen LogP contribution < -0.4 is 10.2 Å². The Morgan fingerprint density at radius 1 is 1.04 bits per heavy atom. The molecule has 4 rings (SSSR count). The van der Waals surface area contributed by atoms with Crippen LogP contribution in [0.1, 0.15) is 10.5 Å². The van der Waals surface area contributed by atoms with E-state index in [4.69, 9.17) is 0 Å². The zero-order valence-corrected chi connectivity index (χ0v) is 14.9. The predicted octanol–water partition coefficient (Wildman–Crippen LogP) is 2.47. The Balaban J connectivity index is 1.51. The maximum absolute atomic E-state index is 12.3. The lowest BCUT2D eigenvalue weighted by Crippen LogP contribution is -2.33. The third-order valence-electron chi connectivity index (χ3n) is 4.08. The number of aromatic nitrogens is 4. The van der Waals surface area contributed by atoms with E-state index in [0.717, 1.165) is 36.1 Å². The van der Waals surface area contributed by atoms with E-state index in [-0.39, 0.29) is 5.91 Å². The zero-order chi connectivity index (χ0) is 17.8. The summed E-state index contributed by atoms with van der Waals surface area (Å²) in [5.74, 6) is 3.55. The predicted molar refractivity (Wildman–Crippen MR) is 103 cm³/mol. The van der Waals surface area contributed by atoms with Crippen LogP contribution in [0.3, 0.4) is 0 Å². The molecule has 0 atom stereocenters. The van der Waals surface area contributed by atoms with Crippen molar-refractivity contribution in [3.8, 4) is 5.82 Å². The Morgan fingerprint density at radius 2 is 1.81 bits per heavy atom. The second kappa shape index (κ2) is 7.57. The van der Waals surface area contributed by atoms with Gasteiger partial charge in [-0.2, -0.15) is 11.8 Å². The molecule has 1 aliphatic rings. The lowest BCUT2D eigenvalue weighted by molar-refractivity contribution is 0.102. The summed E-state index contributed by atoms with van der Waals surface area (Å²) in [5.41, 5.74) is 1.07. The van der Waals surface area contributed by atoms with Gasteiger partial charge in [0.1, 0.15) is 30.0 Å². The molecular weight excluding hydrogens is 348 g/mol. The highest BCUT2D eigenvalue weighted by atomic mass is 32.2. The number of nitrogens with one attached hydrogen (secondary N) is 1. The summed E-state index contributed by atoms with van der Waals surface area (Å²) < 4.78 is 1.74. The average Bonchev–Trinajstić information content (AvgIpc) is 3.20. The van der Waals surface area contributed by atoms with Crippen molar-refractivity contribution in [2.45, 2.75) is 0 Å². The first-order valence-electron chi connectivity index (χ1n) is 8.35. The lowest BCUT2D eigenvalue weighted by Gasteiger charge is -2.27. The number of amides is 1. The fraction of sp³-hybridized carbons (Fsp3) is 0.222. The van der Waals surface area contributed by atoms with Crippen molar-refractivity contribution in [2.24, 2.45) is 0 Å². The summed E-state index contributed by atoms with van der Waals surface area (Å²) in [5, 5.41) is 2.83. The number of carbonyl (C=O) groups excluding carboxylic acids is 1. The van der Waals surface area contributed by atoms with E-state index in [1.54, 1.807) is 23.4 Å². The number of thioether (sulfide) groups is 1. The zero-order valence-electron chi connectivity index (χ0n) is 14.1. The number of anilines is 2. The maximum atomic E-state index is 12.3. The topological polar surface area (TPSA) is 75.9 Å². The highest BCUT2D eigenvalue weighted by molar-refractivity contribution is 7.99. The number of hydrogen-bond donors (Lipinski definition) is 1. The van der Waals surface area contributed by atoms with Gasteiger partial charge in [-0.3, -0.25) is 9.36 Å². The Hall–Kier alpha value is -2.87. The Labute approximate surface area is 155 Å². The van der Waals surface area contributed by atoms with Crippen LogP contribution in [0.2, 0.25) is 0 Å². The van der Waals surface area contributed by atoms with Crippen LogP contribution >= 0.6 is 11.8 Å². The number of nitrogens with zero attached hydrogens (tertiary/aromatic N) is 5. The number of para-hydroxylation sites is 1. The van der Waals surface area contributed by atoms with Crippen molar-refractivity contribution >= 4 is 29.2 Å². The minimum atomic E-state index is -0.253. The molecule has 3 heterocycles. The molecule has 0 aliphatic carbocycles. The fourth-order valence-electron chi connectivity index (χ4n) is 2.73. The van der Waals surface area contributed by atoms with Crippen molar-refractivity contribution in [3.63, 3.8) is 0 Å². The molecule has 8 heteroatoms. The van der Waals surface area contributed by atoms with Gasteiger partial charge in [-0.25, -0.2) is 15.0 Å². The van der Waals surface area contributed by atoms with E-state index in [1.807, 2.05) is 48.2 Å². The highest BCUT2D eigenvalue weighted by Gasteiger charge is 2.15. The van der Waals surface area contributed by atoms with Crippen LogP contribution in [0.25, 0.3) is 5.82 Å². The van der Waals surface area contributed by atoms with Crippen molar-refractivity contribution in [1.29, 1.82) is 0 Å². The van der Waals surface area contributed by atoms with Gasteiger partial charge in [0.25, 0.3) is 5.91 Å². The first-order chi connectivity index (χ1) is 12.8. The summed E-state index contributed by atoms with van der Waals surface area (Å²) >= 11 is 1.96. The van der Waals surface area contributed by atoms with Crippen molar-refractivity contribution in [2.75, 3.05) is 34.8 Å².